The van der Waals surface area contributed by atoms with Gasteiger partial charge in [0.2, 0.25) is 0 Å². The van der Waals surface area contributed by atoms with Gasteiger partial charge in [-0.25, -0.2) is 9.59 Å². The number of carbonyl (C=O) groups is 2. The molecule has 3 rings (SSSR count). The zero-order valence-electron chi connectivity index (χ0n) is 14.3. The summed E-state index contributed by atoms with van der Waals surface area (Å²) < 4.78 is 11.2. The zero-order valence-corrected chi connectivity index (χ0v) is 14.3. The second-order valence-corrected chi connectivity index (χ2v) is 7.29. The van der Waals surface area contributed by atoms with Crippen LogP contribution in [0.3, 0.4) is 0 Å². The number of fused-ring (bicyclic) bond motifs is 3. The number of rotatable bonds is 2. The third-order valence-corrected chi connectivity index (χ3v) is 5.41. The first-order valence-electron chi connectivity index (χ1n) is 8.41. The number of allylic oxidation sites excluding steroid dienone is 2. The van der Waals surface area contributed by atoms with Gasteiger partial charge < -0.3 is 9.47 Å². The Morgan fingerprint density at radius 3 is 2.62 bits per heavy atom. The first kappa shape index (κ1) is 16.7. The lowest BCUT2D eigenvalue weighted by atomic mass is 9.82. The van der Waals surface area contributed by atoms with Crippen molar-refractivity contribution >= 4 is 11.9 Å². The third-order valence-electron chi connectivity index (χ3n) is 5.41. The minimum atomic E-state index is -0.355. The molecule has 2 saturated carbocycles. The van der Waals surface area contributed by atoms with E-state index < -0.39 is 0 Å². The van der Waals surface area contributed by atoms with E-state index in [0.29, 0.717) is 12.0 Å². The second-order valence-electron chi connectivity index (χ2n) is 7.29. The predicted octanol–water partition coefficient (Wildman–Crippen LogP) is 3.50. The van der Waals surface area contributed by atoms with E-state index in [1.165, 1.54) is 6.08 Å². The van der Waals surface area contributed by atoms with Crippen molar-refractivity contribution in [3.63, 3.8) is 0 Å². The van der Waals surface area contributed by atoms with Gasteiger partial charge in [0.25, 0.3) is 0 Å². The Labute approximate surface area is 142 Å². The van der Waals surface area contributed by atoms with Crippen LogP contribution in [0.5, 0.6) is 0 Å². The van der Waals surface area contributed by atoms with Crippen LogP contribution in [0, 0.1) is 17.8 Å². The Hall–Kier alpha value is -2.10. The molecule has 1 heterocycles. The summed E-state index contributed by atoms with van der Waals surface area (Å²) >= 11 is 0. The lowest BCUT2D eigenvalue weighted by Crippen LogP contribution is -2.29. The van der Waals surface area contributed by atoms with Crippen molar-refractivity contribution in [2.24, 2.45) is 17.8 Å². The molecule has 0 aromatic rings. The highest BCUT2D eigenvalue weighted by molar-refractivity contribution is 5.91. The molecule has 0 bridgehead atoms. The van der Waals surface area contributed by atoms with Crippen molar-refractivity contribution < 1.29 is 19.1 Å². The van der Waals surface area contributed by atoms with E-state index in [2.05, 4.69) is 19.7 Å². The standard InChI is InChI=1S/C20H24O4/c1-10(2)8-17(21)23-16-9-15-11(3)6-7-14-12(4)20(22)24-19(14)18(15)13(16)5/h8,14-16,18-19H,3-7,9H2,1-2H3/t14?,15-,16-,18-,19-/m0/s1. The molecule has 1 aliphatic heterocycles. The first-order valence-corrected chi connectivity index (χ1v) is 8.41. The maximum Gasteiger partial charge on any atom is 0.334 e. The molecular formula is C20H24O4. The highest BCUT2D eigenvalue weighted by atomic mass is 16.6. The van der Waals surface area contributed by atoms with Crippen LogP contribution in [0.1, 0.15) is 33.1 Å². The molecule has 128 valence electrons. The van der Waals surface area contributed by atoms with Gasteiger partial charge in [-0.15, -0.1) is 0 Å². The van der Waals surface area contributed by atoms with Crippen LogP contribution in [-0.2, 0) is 19.1 Å². The number of ether oxygens (including phenoxy) is 2. The van der Waals surface area contributed by atoms with E-state index in [1.54, 1.807) is 0 Å². The molecule has 3 aliphatic rings. The molecule has 0 radical (unpaired) electrons. The van der Waals surface area contributed by atoms with E-state index in [9.17, 15) is 9.59 Å². The molecule has 1 unspecified atom stereocenters. The van der Waals surface area contributed by atoms with Crippen LogP contribution in [-0.4, -0.2) is 24.1 Å². The SMILES string of the molecule is C=C1C(=O)O[C@H]2C1CCC(=C)[C@@H]1C[C@H](OC(=O)C=C(C)C)C(=C)[C@@H]12. The fraction of sp³-hybridized carbons (Fsp3) is 0.500. The van der Waals surface area contributed by atoms with Crippen molar-refractivity contribution in [2.75, 3.05) is 0 Å². The average Bonchev–Trinajstić information content (AvgIpc) is 2.89. The van der Waals surface area contributed by atoms with E-state index in [0.717, 1.165) is 29.6 Å². The Morgan fingerprint density at radius 2 is 1.96 bits per heavy atom. The number of hydrogen-bond donors (Lipinski definition) is 0. The lowest BCUT2D eigenvalue weighted by Gasteiger charge is -2.26. The molecule has 2 aliphatic carbocycles. The van der Waals surface area contributed by atoms with Crippen LogP contribution >= 0.6 is 0 Å². The second kappa shape index (κ2) is 6.08. The molecule has 0 aromatic heterocycles. The number of carbonyl (C=O) groups excluding carboxylic acids is 2. The van der Waals surface area contributed by atoms with Gasteiger partial charge >= 0.3 is 11.9 Å². The van der Waals surface area contributed by atoms with Crippen molar-refractivity contribution in [2.45, 2.75) is 45.3 Å². The quantitative estimate of drug-likeness (QED) is 0.442. The summed E-state index contributed by atoms with van der Waals surface area (Å²) in [6.45, 7) is 16.0. The molecular weight excluding hydrogens is 304 g/mol. The molecule has 4 nitrogen and oxygen atoms in total. The van der Waals surface area contributed by atoms with Crippen molar-refractivity contribution in [3.8, 4) is 0 Å². The maximum atomic E-state index is 12.0. The Bertz CT molecular complexity index is 665. The fourth-order valence-corrected chi connectivity index (χ4v) is 4.22. The molecule has 3 fully saturated rings. The summed E-state index contributed by atoms with van der Waals surface area (Å²) in [4.78, 5) is 23.9. The van der Waals surface area contributed by atoms with Gasteiger partial charge in [-0.2, -0.15) is 0 Å². The van der Waals surface area contributed by atoms with Gasteiger partial charge in [0.1, 0.15) is 12.2 Å². The summed E-state index contributed by atoms with van der Waals surface area (Å²) in [5.41, 5.74) is 3.39. The molecule has 0 amide bonds. The summed E-state index contributed by atoms with van der Waals surface area (Å²) in [5.74, 6) is -0.566. The molecule has 24 heavy (non-hydrogen) atoms. The van der Waals surface area contributed by atoms with Gasteiger partial charge in [0.05, 0.1) is 0 Å². The van der Waals surface area contributed by atoms with Gasteiger partial charge in [0, 0.05) is 23.5 Å². The molecule has 0 N–H and O–H groups in total. The van der Waals surface area contributed by atoms with Crippen molar-refractivity contribution in [1.29, 1.82) is 0 Å². The smallest absolute Gasteiger partial charge is 0.334 e. The van der Waals surface area contributed by atoms with Crippen molar-refractivity contribution in [3.05, 3.63) is 48.1 Å². The van der Waals surface area contributed by atoms with Gasteiger partial charge in [-0.1, -0.05) is 30.9 Å². The molecule has 4 heteroatoms. The lowest BCUT2D eigenvalue weighted by molar-refractivity contribution is -0.142. The van der Waals surface area contributed by atoms with Crippen LogP contribution in [0.2, 0.25) is 0 Å². The normalized spacial score (nSPS) is 35.0. The minimum Gasteiger partial charge on any atom is -0.458 e. The highest BCUT2D eigenvalue weighted by Crippen LogP contribution is 2.52. The summed E-state index contributed by atoms with van der Waals surface area (Å²) in [6.07, 6.45) is 3.20. The Balaban J connectivity index is 1.85. The van der Waals surface area contributed by atoms with Crippen LogP contribution < -0.4 is 0 Å². The molecule has 5 atom stereocenters. The van der Waals surface area contributed by atoms with E-state index in [-0.39, 0.29) is 41.9 Å². The van der Waals surface area contributed by atoms with Gasteiger partial charge in [-0.05, 0) is 44.6 Å². The summed E-state index contributed by atoms with van der Waals surface area (Å²) in [6, 6.07) is 0. The van der Waals surface area contributed by atoms with Crippen LogP contribution in [0.25, 0.3) is 0 Å². The monoisotopic (exact) mass is 328 g/mol. The Morgan fingerprint density at radius 1 is 1.25 bits per heavy atom. The molecule has 0 aromatic carbocycles. The number of hydrogen-bond acceptors (Lipinski definition) is 4. The van der Waals surface area contributed by atoms with E-state index in [1.807, 2.05) is 13.8 Å². The topological polar surface area (TPSA) is 52.6 Å². The predicted molar refractivity (Wildman–Crippen MR) is 90.9 cm³/mol. The van der Waals surface area contributed by atoms with Gasteiger partial charge in [-0.3, -0.25) is 0 Å². The fourth-order valence-electron chi connectivity index (χ4n) is 4.22. The van der Waals surface area contributed by atoms with E-state index in [4.69, 9.17) is 9.47 Å². The molecule has 1 saturated heterocycles. The van der Waals surface area contributed by atoms with Crippen LogP contribution in [0.15, 0.2) is 48.1 Å². The maximum absolute atomic E-state index is 12.0. The highest BCUT2D eigenvalue weighted by Gasteiger charge is 2.53. The van der Waals surface area contributed by atoms with E-state index >= 15 is 0 Å². The average molecular weight is 328 g/mol. The Kier molecular flexibility index (Phi) is 4.24. The summed E-state index contributed by atoms with van der Waals surface area (Å²) in [7, 11) is 0. The largest absolute Gasteiger partial charge is 0.458 e. The summed E-state index contributed by atoms with van der Waals surface area (Å²) in [5, 5.41) is 0. The molecule has 0 spiro atoms. The zero-order chi connectivity index (χ0) is 17.6. The van der Waals surface area contributed by atoms with Gasteiger partial charge in [0.15, 0.2) is 0 Å². The number of esters is 2. The van der Waals surface area contributed by atoms with Crippen molar-refractivity contribution in [1.82, 2.24) is 0 Å². The van der Waals surface area contributed by atoms with Crippen LogP contribution in [0.4, 0.5) is 0 Å². The first-order chi connectivity index (χ1) is 11.3. The third kappa shape index (κ3) is 2.74. The minimum absolute atomic E-state index is 0.00762.